The molecular formula is C17H14FNO3S. The van der Waals surface area contributed by atoms with Gasteiger partial charge in [0.25, 0.3) is 0 Å². The summed E-state index contributed by atoms with van der Waals surface area (Å²) in [4.78, 5) is 4.33. The molecule has 0 aliphatic rings. The topological polar surface area (TPSA) is 56.3 Å². The number of nitrogens with zero attached hydrogens (tertiary/aromatic N) is 1. The Labute approximate surface area is 133 Å². The van der Waals surface area contributed by atoms with Crippen LogP contribution in [0.3, 0.4) is 0 Å². The average molecular weight is 331 g/mol. The Morgan fingerprint density at radius 3 is 2.65 bits per heavy atom. The zero-order valence-electron chi connectivity index (χ0n) is 12.4. The molecule has 0 fully saturated rings. The molecular weight excluding hydrogens is 317 g/mol. The van der Waals surface area contributed by atoms with Gasteiger partial charge in [-0.05, 0) is 36.8 Å². The fraction of sp³-hybridized carbons (Fsp3) is 0.118. The molecule has 2 aromatic carbocycles. The fourth-order valence-corrected chi connectivity index (χ4v) is 3.34. The number of rotatable bonds is 4. The molecule has 23 heavy (non-hydrogen) atoms. The third-order valence-corrected chi connectivity index (χ3v) is 4.39. The molecule has 1 aromatic heterocycles. The van der Waals surface area contributed by atoms with Gasteiger partial charge in [0.05, 0.1) is 0 Å². The molecule has 0 bridgehead atoms. The first-order chi connectivity index (χ1) is 10.9. The second-order valence-electron chi connectivity index (χ2n) is 5.20. The van der Waals surface area contributed by atoms with Crippen molar-refractivity contribution in [1.29, 1.82) is 0 Å². The molecule has 0 aliphatic heterocycles. The van der Waals surface area contributed by atoms with Crippen molar-refractivity contribution in [2.45, 2.75) is 12.7 Å². The van der Waals surface area contributed by atoms with Gasteiger partial charge in [-0.1, -0.05) is 30.3 Å². The first-order valence-electron chi connectivity index (χ1n) is 6.96. The largest absolute Gasteiger partial charge is 0.380 e. The van der Waals surface area contributed by atoms with Crippen LogP contribution in [0, 0.1) is 12.7 Å². The molecule has 4 nitrogen and oxygen atoms in total. The van der Waals surface area contributed by atoms with Gasteiger partial charge in [-0.15, -0.1) is 0 Å². The van der Waals surface area contributed by atoms with E-state index in [9.17, 15) is 12.8 Å². The normalized spacial score (nSPS) is 11.6. The Balaban J connectivity index is 1.93. The van der Waals surface area contributed by atoms with Crippen LogP contribution in [0.5, 0.6) is 5.75 Å². The number of para-hydroxylation sites is 1. The molecule has 3 rings (SSSR count). The van der Waals surface area contributed by atoms with Crippen LogP contribution in [0.15, 0.2) is 54.6 Å². The number of hydrogen-bond donors (Lipinski definition) is 0. The summed E-state index contributed by atoms with van der Waals surface area (Å²) in [6, 6.07) is 14.2. The molecule has 0 aliphatic carbocycles. The van der Waals surface area contributed by atoms with E-state index < -0.39 is 21.7 Å². The maximum absolute atomic E-state index is 13.2. The van der Waals surface area contributed by atoms with E-state index in [4.69, 9.17) is 4.18 Å². The molecule has 0 radical (unpaired) electrons. The van der Waals surface area contributed by atoms with Gasteiger partial charge in [-0.3, -0.25) is 0 Å². The van der Waals surface area contributed by atoms with Gasteiger partial charge in [0.2, 0.25) is 0 Å². The van der Waals surface area contributed by atoms with Crippen LogP contribution in [0.25, 0.3) is 10.9 Å². The van der Waals surface area contributed by atoms with Crippen molar-refractivity contribution in [3.63, 3.8) is 0 Å². The summed E-state index contributed by atoms with van der Waals surface area (Å²) in [6.45, 7) is 1.82. The van der Waals surface area contributed by atoms with E-state index in [0.29, 0.717) is 11.1 Å². The number of aryl methyl sites for hydroxylation is 1. The second-order valence-corrected chi connectivity index (χ2v) is 6.77. The standard InChI is InChI=1S/C17H14FNO3S/c1-12-8-9-14-5-3-7-16(17(14)19-12)22-23(20,21)11-13-4-2-6-15(18)10-13/h2-10H,11H2,1H3. The van der Waals surface area contributed by atoms with E-state index in [1.165, 1.54) is 24.3 Å². The average Bonchev–Trinajstić information content (AvgIpc) is 2.47. The lowest BCUT2D eigenvalue weighted by molar-refractivity contribution is 0.487. The second kappa shape index (κ2) is 5.96. The summed E-state index contributed by atoms with van der Waals surface area (Å²) in [5, 5.41) is 0.786. The Bertz CT molecular complexity index is 970. The molecule has 0 atom stereocenters. The predicted molar refractivity (Wildman–Crippen MR) is 86.1 cm³/mol. The summed E-state index contributed by atoms with van der Waals surface area (Å²) in [6.07, 6.45) is 0. The van der Waals surface area contributed by atoms with Crippen molar-refractivity contribution in [2.24, 2.45) is 0 Å². The third-order valence-electron chi connectivity index (χ3n) is 3.27. The number of fused-ring (bicyclic) bond motifs is 1. The molecule has 0 spiro atoms. The van der Waals surface area contributed by atoms with Crippen LogP contribution in [-0.2, 0) is 15.9 Å². The monoisotopic (exact) mass is 331 g/mol. The summed E-state index contributed by atoms with van der Waals surface area (Å²) >= 11 is 0. The minimum atomic E-state index is -3.92. The third kappa shape index (κ3) is 3.65. The van der Waals surface area contributed by atoms with E-state index in [1.54, 1.807) is 12.1 Å². The summed E-state index contributed by atoms with van der Waals surface area (Å²) in [5.41, 5.74) is 1.57. The summed E-state index contributed by atoms with van der Waals surface area (Å²) < 4.78 is 42.9. The SMILES string of the molecule is Cc1ccc2cccc(OS(=O)(=O)Cc3cccc(F)c3)c2n1. The number of halogens is 1. The molecule has 0 unspecified atom stereocenters. The fourth-order valence-electron chi connectivity index (χ4n) is 2.28. The van der Waals surface area contributed by atoms with Gasteiger partial charge in [-0.25, -0.2) is 9.37 Å². The highest BCUT2D eigenvalue weighted by Crippen LogP contribution is 2.26. The first-order valence-corrected chi connectivity index (χ1v) is 8.54. The zero-order valence-corrected chi connectivity index (χ0v) is 13.2. The Morgan fingerprint density at radius 2 is 1.87 bits per heavy atom. The van der Waals surface area contributed by atoms with Crippen LogP contribution in [0.2, 0.25) is 0 Å². The van der Waals surface area contributed by atoms with E-state index >= 15 is 0 Å². The molecule has 0 saturated carbocycles. The molecule has 0 N–H and O–H groups in total. The maximum Gasteiger partial charge on any atom is 0.313 e. The number of benzene rings is 2. The highest BCUT2D eigenvalue weighted by molar-refractivity contribution is 7.86. The highest BCUT2D eigenvalue weighted by atomic mass is 32.2. The Hall–Kier alpha value is -2.47. The number of pyridine rings is 1. The Morgan fingerprint density at radius 1 is 1.09 bits per heavy atom. The van der Waals surface area contributed by atoms with Gasteiger partial charge in [0.1, 0.15) is 17.1 Å². The van der Waals surface area contributed by atoms with Crippen LogP contribution in [0.4, 0.5) is 4.39 Å². The molecule has 3 aromatic rings. The smallest absolute Gasteiger partial charge is 0.313 e. The van der Waals surface area contributed by atoms with E-state index in [-0.39, 0.29) is 5.75 Å². The van der Waals surface area contributed by atoms with Crippen LogP contribution >= 0.6 is 0 Å². The lowest BCUT2D eigenvalue weighted by Crippen LogP contribution is -2.12. The highest BCUT2D eigenvalue weighted by Gasteiger charge is 2.17. The number of aromatic nitrogens is 1. The van der Waals surface area contributed by atoms with E-state index in [1.807, 2.05) is 25.1 Å². The predicted octanol–water partition coefficient (Wildman–Crippen LogP) is 3.59. The first kappa shape index (κ1) is 15.4. The minimum absolute atomic E-state index is 0.169. The van der Waals surface area contributed by atoms with Crippen molar-refractivity contribution < 1.29 is 17.0 Å². The van der Waals surface area contributed by atoms with Crippen molar-refractivity contribution in [3.8, 4) is 5.75 Å². The lowest BCUT2D eigenvalue weighted by atomic mass is 10.2. The van der Waals surface area contributed by atoms with Crippen molar-refractivity contribution in [2.75, 3.05) is 0 Å². The summed E-state index contributed by atoms with van der Waals surface area (Å²) in [5.74, 6) is -0.727. The van der Waals surface area contributed by atoms with Gasteiger partial charge in [0, 0.05) is 11.1 Å². The molecule has 6 heteroatoms. The van der Waals surface area contributed by atoms with Gasteiger partial charge >= 0.3 is 10.1 Å². The van der Waals surface area contributed by atoms with Crippen molar-refractivity contribution in [1.82, 2.24) is 4.98 Å². The molecule has 118 valence electrons. The van der Waals surface area contributed by atoms with Gasteiger partial charge in [0.15, 0.2) is 5.75 Å². The van der Waals surface area contributed by atoms with Crippen LogP contribution in [-0.4, -0.2) is 13.4 Å². The molecule has 0 saturated heterocycles. The molecule has 1 heterocycles. The van der Waals surface area contributed by atoms with Crippen molar-refractivity contribution in [3.05, 3.63) is 71.7 Å². The van der Waals surface area contributed by atoms with E-state index in [0.717, 1.165) is 11.1 Å². The van der Waals surface area contributed by atoms with Gasteiger partial charge in [-0.2, -0.15) is 8.42 Å². The lowest BCUT2D eigenvalue weighted by Gasteiger charge is -2.09. The van der Waals surface area contributed by atoms with E-state index in [2.05, 4.69) is 4.98 Å². The molecule has 0 amide bonds. The zero-order chi connectivity index (χ0) is 16.4. The quantitative estimate of drug-likeness (QED) is 0.686. The van der Waals surface area contributed by atoms with Crippen LogP contribution in [0.1, 0.15) is 11.3 Å². The van der Waals surface area contributed by atoms with Crippen LogP contribution < -0.4 is 4.18 Å². The minimum Gasteiger partial charge on any atom is -0.380 e. The van der Waals surface area contributed by atoms with Crippen molar-refractivity contribution >= 4 is 21.0 Å². The summed E-state index contributed by atoms with van der Waals surface area (Å²) in [7, 11) is -3.92. The maximum atomic E-state index is 13.2. The van der Waals surface area contributed by atoms with Gasteiger partial charge < -0.3 is 4.18 Å². The number of hydrogen-bond acceptors (Lipinski definition) is 4. The Kier molecular flexibility index (Phi) is 4.00.